The standard InChI is InChI=1S/C31H33NO/c1-6-9-25(7-2)26-14-16-29(17-15-26)33-21-28-13-12-27-18-19-32(31(27)24(28)5)20-30-22(3)10-8-11-23(30)4/h8,10-19,25H,7,20-21H2,1-5H3/t25-/m1/s1. The summed E-state index contributed by atoms with van der Waals surface area (Å²) in [5.74, 6) is 7.51. The number of rotatable bonds is 7. The largest absolute Gasteiger partial charge is 0.489 e. The molecule has 0 radical (unpaired) electrons. The second kappa shape index (κ2) is 10.0. The zero-order valence-corrected chi connectivity index (χ0v) is 20.4. The SMILES string of the molecule is CC#C[C@@H](CC)c1ccc(OCc2ccc3ccn(Cc4c(C)cccc4C)c3c2C)cc1. The van der Waals surface area contributed by atoms with Crippen LogP contribution in [0.2, 0.25) is 0 Å². The summed E-state index contributed by atoms with van der Waals surface area (Å²) in [6.45, 7) is 12.1. The van der Waals surface area contributed by atoms with Crippen LogP contribution >= 0.6 is 0 Å². The summed E-state index contributed by atoms with van der Waals surface area (Å²) in [6.07, 6.45) is 3.22. The predicted molar refractivity (Wildman–Crippen MR) is 139 cm³/mol. The Balaban J connectivity index is 1.55. The first-order valence-corrected chi connectivity index (χ1v) is 11.8. The van der Waals surface area contributed by atoms with Gasteiger partial charge >= 0.3 is 0 Å². The zero-order chi connectivity index (χ0) is 23.4. The van der Waals surface area contributed by atoms with Crippen molar-refractivity contribution in [1.82, 2.24) is 4.57 Å². The summed E-state index contributed by atoms with van der Waals surface area (Å²) in [4.78, 5) is 0. The van der Waals surface area contributed by atoms with Gasteiger partial charge in [-0.1, -0.05) is 55.3 Å². The van der Waals surface area contributed by atoms with Gasteiger partial charge in [0.05, 0.1) is 5.52 Å². The molecule has 0 aliphatic heterocycles. The third kappa shape index (κ3) is 4.83. The van der Waals surface area contributed by atoms with Gasteiger partial charge in [0.25, 0.3) is 0 Å². The molecule has 33 heavy (non-hydrogen) atoms. The van der Waals surface area contributed by atoms with Gasteiger partial charge in [-0.3, -0.25) is 0 Å². The second-order valence-electron chi connectivity index (χ2n) is 8.81. The lowest BCUT2D eigenvalue weighted by Crippen LogP contribution is -2.05. The Morgan fingerprint density at radius 3 is 2.30 bits per heavy atom. The fourth-order valence-electron chi connectivity index (χ4n) is 4.63. The van der Waals surface area contributed by atoms with Crippen LogP contribution in [-0.2, 0) is 13.2 Å². The highest BCUT2D eigenvalue weighted by atomic mass is 16.5. The van der Waals surface area contributed by atoms with Crippen molar-refractivity contribution in [2.75, 3.05) is 0 Å². The molecule has 2 heteroatoms. The molecule has 1 heterocycles. The van der Waals surface area contributed by atoms with Crippen molar-refractivity contribution in [3.05, 3.63) is 100 Å². The topological polar surface area (TPSA) is 14.2 Å². The van der Waals surface area contributed by atoms with E-state index < -0.39 is 0 Å². The van der Waals surface area contributed by atoms with Crippen LogP contribution in [0.4, 0.5) is 0 Å². The van der Waals surface area contributed by atoms with Crippen molar-refractivity contribution in [2.45, 2.75) is 60.1 Å². The number of ether oxygens (including phenoxy) is 1. The molecule has 0 unspecified atom stereocenters. The Morgan fingerprint density at radius 2 is 1.64 bits per heavy atom. The summed E-state index contributed by atoms with van der Waals surface area (Å²) in [7, 11) is 0. The Kier molecular flexibility index (Phi) is 6.90. The predicted octanol–water partition coefficient (Wildman–Crippen LogP) is 7.71. The van der Waals surface area contributed by atoms with Crippen molar-refractivity contribution in [3.8, 4) is 17.6 Å². The highest BCUT2D eigenvalue weighted by molar-refractivity contribution is 5.84. The monoisotopic (exact) mass is 435 g/mol. The molecule has 1 aromatic heterocycles. The van der Waals surface area contributed by atoms with E-state index in [1.807, 2.05) is 6.92 Å². The van der Waals surface area contributed by atoms with Gasteiger partial charge in [-0.2, -0.15) is 0 Å². The van der Waals surface area contributed by atoms with E-state index in [4.69, 9.17) is 4.74 Å². The molecule has 168 valence electrons. The maximum absolute atomic E-state index is 6.18. The van der Waals surface area contributed by atoms with E-state index in [0.717, 1.165) is 18.7 Å². The van der Waals surface area contributed by atoms with E-state index in [1.54, 1.807) is 0 Å². The third-order valence-electron chi connectivity index (χ3n) is 6.67. The quantitative estimate of drug-likeness (QED) is 0.271. The molecule has 0 saturated heterocycles. The lowest BCUT2D eigenvalue weighted by molar-refractivity contribution is 0.305. The lowest BCUT2D eigenvalue weighted by Gasteiger charge is -2.15. The van der Waals surface area contributed by atoms with Gasteiger partial charge in [0, 0.05) is 18.7 Å². The molecule has 0 amide bonds. The zero-order valence-electron chi connectivity index (χ0n) is 20.4. The molecular weight excluding hydrogens is 402 g/mol. The van der Waals surface area contributed by atoms with E-state index in [-0.39, 0.29) is 0 Å². The van der Waals surface area contributed by atoms with Crippen molar-refractivity contribution in [1.29, 1.82) is 0 Å². The van der Waals surface area contributed by atoms with E-state index in [0.29, 0.717) is 12.5 Å². The summed E-state index contributed by atoms with van der Waals surface area (Å²) in [6, 6.07) is 21.5. The minimum absolute atomic E-state index is 0.290. The average Bonchev–Trinajstić information content (AvgIpc) is 3.23. The molecule has 0 spiro atoms. The number of benzene rings is 3. The average molecular weight is 436 g/mol. The molecular formula is C31H33NO. The summed E-state index contributed by atoms with van der Waals surface area (Å²) >= 11 is 0. The van der Waals surface area contributed by atoms with Crippen LogP contribution in [0.1, 0.15) is 59.6 Å². The van der Waals surface area contributed by atoms with Gasteiger partial charge in [-0.25, -0.2) is 0 Å². The van der Waals surface area contributed by atoms with Crippen LogP contribution in [0.25, 0.3) is 10.9 Å². The molecule has 4 aromatic rings. The minimum atomic E-state index is 0.290. The van der Waals surface area contributed by atoms with Gasteiger partial charge < -0.3 is 9.30 Å². The number of aromatic nitrogens is 1. The van der Waals surface area contributed by atoms with Crippen LogP contribution in [0.15, 0.2) is 66.9 Å². The molecule has 0 bridgehead atoms. The van der Waals surface area contributed by atoms with Gasteiger partial charge in [0.1, 0.15) is 12.4 Å². The first-order valence-electron chi connectivity index (χ1n) is 11.8. The van der Waals surface area contributed by atoms with Crippen LogP contribution in [0.3, 0.4) is 0 Å². The van der Waals surface area contributed by atoms with Gasteiger partial charge in [0.2, 0.25) is 0 Å². The molecule has 0 fully saturated rings. The normalized spacial score (nSPS) is 11.8. The first-order chi connectivity index (χ1) is 16.0. The van der Waals surface area contributed by atoms with Crippen LogP contribution in [0, 0.1) is 32.6 Å². The number of hydrogen-bond donors (Lipinski definition) is 0. The molecule has 4 rings (SSSR count). The Bertz CT molecular complexity index is 1290. The fourth-order valence-corrected chi connectivity index (χ4v) is 4.63. The summed E-state index contributed by atoms with van der Waals surface area (Å²) < 4.78 is 8.55. The van der Waals surface area contributed by atoms with E-state index in [9.17, 15) is 0 Å². The highest BCUT2D eigenvalue weighted by Crippen LogP contribution is 2.27. The maximum Gasteiger partial charge on any atom is 0.119 e. The molecule has 0 aliphatic rings. The van der Waals surface area contributed by atoms with Gasteiger partial charge in [-0.15, -0.1) is 5.92 Å². The minimum Gasteiger partial charge on any atom is -0.489 e. The van der Waals surface area contributed by atoms with E-state index >= 15 is 0 Å². The Hall–Kier alpha value is -3.44. The van der Waals surface area contributed by atoms with Gasteiger partial charge in [0.15, 0.2) is 0 Å². The van der Waals surface area contributed by atoms with Crippen LogP contribution in [0.5, 0.6) is 5.75 Å². The van der Waals surface area contributed by atoms with Crippen LogP contribution < -0.4 is 4.74 Å². The van der Waals surface area contributed by atoms with Gasteiger partial charge in [-0.05, 0) is 91.1 Å². The van der Waals surface area contributed by atoms with Crippen molar-refractivity contribution in [2.24, 2.45) is 0 Å². The number of aryl methyl sites for hydroxylation is 3. The smallest absolute Gasteiger partial charge is 0.119 e. The van der Waals surface area contributed by atoms with E-state index in [2.05, 4.69) is 111 Å². The fraction of sp³-hybridized carbons (Fsp3) is 0.290. The number of fused-ring (bicyclic) bond motifs is 1. The number of nitrogens with zero attached hydrogens (tertiary/aromatic N) is 1. The van der Waals surface area contributed by atoms with Crippen molar-refractivity contribution in [3.63, 3.8) is 0 Å². The summed E-state index contributed by atoms with van der Waals surface area (Å²) in [5.41, 5.74) is 9.12. The van der Waals surface area contributed by atoms with Crippen molar-refractivity contribution >= 4 is 10.9 Å². The molecule has 2 nitrogen and oxygen atoms in total. The van der Waals surface area contributed by atoms with Crippen molar-refractivity contribution < 1.29 is 4.74 Å². The Morgan fingerprint density at radius 1 is 0.909 bits per heavy atom. The third-order valence-corrected chi connectivity index (χ3v) is 6.67. The lowest BCUT2D eigenvalue weighted by atomic mass is 9.97. The molecule has 0 saturated carbocycles. The first kappa shape index (κ1) is 22.7. The molecule has 0 N–H and O–H groups in total. The Labute approximate surface area is 198 Å². The number of hydrogen-bond acceptors (Lipinski definition) is 1. The molecule has 0 aliphatic carbocycles. The van der Waals surface area contributed by atoms with E-state index in [1.165, 1.54) is 44.3 Å². The highest BCUT2D eigenvalue weighted by Gasteiger charge is 2.12. The molecule has 1 atom stereocenters. The summed E-state index contributed by atoms with van der Waals surface area (Å²) in [5, 5.41) is 1.27. The molecule has 3 aromatic carbocycles. The van der Waals surface area contributed by atoms with Crippen LogP contribution in [-0.4, -0.2) is 4.57 Å². The second-order valence-corrected chi connectivity index (χ2v) is 8.81. The maximum atomic E-state index is 6.18.